The second kappa shape index (κ2) is 11.5. The van der Waals surface area contributed by atoms with Gasteiger partial charge in [-0.15, -0.1) is 0 Å². The molecule has 0 aliphatic rings. The lowest BCUT2D eigenvalue weighted by Gasteiger charge is -2.26. The lowest BCUT2D eigenvalue weighted by atomic mass is 9.96. The Labute approximate surface area is 290 Å². The number of anilines is 3. The number of furan rings is 1. The van der Waals surface area contributed by atoms with Crippen molar-refractivity contribution in [1.82, 2.24) is 0 Å². The van der Waals surface area contributed by atoms with Gasteiger partial charge in [0.15, 0.2) is 0 Å². The minimum atomic E-state index is 0.889. The number of rotatable bonds is 5. The first-order valence-electron chi connectivity index (χ1n) is 17.1. The van der Waals surface area contributed by atoms with Crippen LogP contribution in [0.1, 0.15) is 0 Å². The highest BCUT2D eigenvalue weighted by molar-refractivity contribution is 6.18. The molecule has 0 saturated carbocycles. The summed E-state index contributed by atoms with van der Waals surface area (Å²) >= 11 is 0. The summed E-state index contributed by atoms with van der Waals surface area (Å²) in [5.41, 5.74) is 9.86. The zero-order chi connectivity index (χ0) is 33.0. The molecular weight excluding hydrogens is 607 g/mol. The Morgan fingerprint density at radius 3 is 1.62 bits per heavy atom. The van der Waals surface area contributed by atoms with E-state index in [1.807, 2.05) is 12.1 Å². The monoisotopic (exact) mass is 637 g/mol. The van der Waals surface area contributed by atoms with E-state index in [4.69, 9.17) is 4.42 Å². The molecule has 0 N–H and O–H groups in total. The number of hydrogen-bond acceptors (Lipinski definition) is 2. The van der Waals surface area contributed by atoms with Crippen LogP contribution in [0.4, 0.5) is 17.1 Å². The van der Waals surface area contributed by atoms with E-state index in [1.165, 1.54) is 54.6 Å². The van der Waals surface area contributed by atoms with Gasteiger partial charge in [-0.1, -0.05) is 133 Å². The zero-order valence-electron chi connectivity index (χ0n) is 27.3. The van der Waals surface area contributed by atoms with Crippen LogP contribution in [0.15, 0.2) is 192 Å². The summed E-state index contributed by atoms with van der Waals surface area (Å²) < 4.78 is 6.23. The summed E-state index contributed by atoms with van der Waals surface area (Å²) in [6.07, 6.45) is 0. The average Bonchev–Trinajstić information content (AvgIpc) is 3.56. The Bertz CT molecular complexity index is 2870. The van der Waals surface area contributed by atoms with Crippen molar-refractivity contribution in [1.29, 1.82) is 0 Å². The highest BCUT2D eigenvalue weighted by Crippen LogP contribution is 2.41. The van der Waals surface area contributed by atoms with Crippen molar-refractivity contribution in [3.63, 3.8) is 0 Å². The molecule has 10 aromatic rings. The van der Waals surface area contributed by atoms with Crippen LogP contribution in [0.2, 0.25) is 0 Å². The fraction of sp³-hybridized carbons (Fsp3) is 0. The third-order valence-electron chi connectivity index (χ3n) is 10.0. The normalized spacial score (nSPS) is 11.6. The summed E-state index contributed by atoms with van der Waals surface area (Å²) in [5, 5.41) is 9.75. The van der Waals surface area contributed by atoms with E-state index in [9.17, 15) is 0 Å². The molecule has 0 amide bonds. The van der Waals surface area contributed by atoms with E-state index in [2.05, 4.69) is 181 Å². The van der Waals surface area contributed by atoms with Crippen LogP contribution < -0.4 is 4.90 Å². The molecule has 234 valence electrons. The second-order valence-electron chi connectivity index (χ2n) is 13.0. The highest BCUT2D eigenvalue weighted by Gasteiger charge is 2.17. The summed E-state index contributed by atoms with van der Waals surface area (Å²) in [5.74, 6) is 0. The van der Waals surface area contributed by atoms with Gasteiger partial charge in [0.2, 0.25) is 0 Å². The van der Waals surface area contributed by atoms with Crippen LogP contribution in [0, 0.1) is 0 Å². The number of fused-ring (bicyclic) bond motifs is 8. The summed E-state index contributed by atoms with van der Waals surface area (Å²) in [6, 6.07) is 67.6. The molecule has 9 aromatic carbocycles. The molecule has 1 heterocycles. The molecule has 0 unspecified atom stereocenters. The molecule has 0 aliphatic heterocycles. The van der Waals surface area contributed by atoms with E-state index < -0.39 is 0 Å². The summed E-state index contributed by atoms with van der Waals surface area (Å²) in [6.45, 7) is 0. The molecule has 1 aromatic heterocycles. The third kappa shape index (κ3) is 4.73. The Morgan fingerprint density at radius 1 is 0.280 bits per heavy atom. The van der Waals surface area contributed by atoms with Crippen molar-refractivity contribution in [3.8, 4) is 22.3 Å². The Hall–Kier alpha value is -6.64. The predicted octanol–water partition coefficient (Wildman–Crippen LogP) is 13.8. The Morgan fingerprint density at radius 2 is 0.820 bits per heavy atom. The first kappa shape index (κ1) is 28.4. The molecule has 0 atom stereocenters. The molecule has 50 heavy (non-hydrogen) atoms. The van der Waals surface area contributed by atoms with Crippen molar-refractivity contribution >= 4 is 71.3 Å². The van der Waals surface area contributed by atoms with Gasteiger partial charge in [-0.2, -0.15) is 0 Å². The fourth-order valence-corrected chi connectivity index (χ4v) is 7.56. The predicted molar refractivity (Wildman–Crippen MR) is 212 cm³/mol. The van der Waals surface area contributed by atoms with Crippen molar-refractivity contribution in [2.45, 2.75) is 0 Å². The van der Waals surface area contributed by atoms with Crippen LogP contribution in [0.5, 0.6) is 0 Å². The quantitative estimate of drug-likeness (QED) is 0.175. The van der Waals surface area contributed by atoms with Crippen LogP contribution in [-0.2, 0) is 0 Å². The van der Waals surface area contributed by atoms with Gasteiger partial charge >= 0.3 is 0 Å². The molecule has 2 nitrogen and oxygen atoms in total. The molecule has 0 bridgehead atoms. The molecular formula is C48H31NO. The van der Waals surface area contributed by atoms with Gasteiger partial charge in [-0.25, -0.2) is 0 Å². The SMILES string of the molecule is c1ccc(-c2cccc(-c3ccc(N(c4ccc5ccc6c7ccccc7ccc6c5c4)c4ccc5oc6ccccc6c5c4)cc3)c2)cc1. The highest BCUT2D eigenvalue weighted by atomic mass is 16.3. The number of nitrogens with zero attached hydrogens (tertiary/aromatic N) is 1. The Kier molecular flexibility index (Phi) is 6.53. The number of hydrogen-bond donors (Lipinski definition) is 0. The first-order chi connectivity index (χ1) is 24.8. The van der Waals surface area contributed by atoms with Gasteiger partial charge in [0, 0.05) is 27.8 Å². The van der Waals surface area contributed by atoms with Crippen molar-refractivity contribution in [2.24, 2.45) is 0 Å². The maximum absolute atomic E-state index is 6.23. The van der Waals surface area contributed by atoms with Crippen molar-refractivity contribution < 1.29 is 4.42 Å². The van der Waals surface area contributed by atoms with Gasteiger partial charge in [0.25, 0.3) is 0 Å². The molecule has 0 saturated heterocycles. The van der Waals surface area contributed by atoms with E-state index in [-0.39, 0.29) is 0 Å². The zero-order valence-corrected chi connectivity index (χ0v) is 27.3. The van der Waals surface area contributed by atoms with Crippen molar-refractivity contribution in [2.75, 3.05) is 4.90 Å². The van der Waals surface area contributed by atoms with E-state index in [0.29, 0.717) is 0 Å². The van der Waals surface area contributed by atoms with Gasteiger partial charge in [-0.3, -0.25) is 0 Å². The largest absolute Gasteiger partial charge is 0.456 e. The van der Waals surface area contributed by atoms with Crippen LogP contribution in [0.25, 0.3) is 76.5 Å². The molecule has 2 heteroatoms. The van der Waals surface area contributed by atoms with E-state index in [1.54, 1.807) is 0 Å². The number of para-hydroxylation sites is 1. The molecule has 0 fully saturated rings. The van der Waals surface area contributed by atoms with Crippen LogP contribution in [0.3, 0.4) is 0 Å². The number of benzene rings is 9. The van der Waals surface area contributed by atoms with Crippen LogP contribution >= 0.6 is 0 Å². The molecule has 0 spiro atoms. The van der Waals surface area contributed by atoms with Gasteiger partial charge in [0.1, 0.15) is 11.2 Å². The van der Waals surface area contributed by atoms with E-state index >= 15 is 0 Å². The smallest absolute Gasteiger partial charge is 0.135 e. The maximum Gasteiger partial charge on any atom is 0.135 e. The minimum Gasteiger partial charge on any atom is -0.456 e. The standard InChI is InChI=1S/C48H31NO/c1-2-9-32(10-3-1)36-12-8-13-37(29-36)33-17-22-38(23-18-33)49(40-25-28-48-46(31-40)44-15-6-7-16-47(44)50-48)39-24-19-35-21-26-42-41-14-5-4-11-34(41)20-27-43(42)45(35)30-39/h1-31H. The molecule has 10 rings (SSSR count). The first-order valence-corrected chi connectivity index (χ1v) is 17.1. The maximum atomic E-state index is 6.23. The lowest BCUT2D eigenvalue weighted by molar-refractivity contribution is 0.669. The average molecular weight is 638 g/mol. The minimum absolute atomic E-state index is 0.889. The summed E-state index contributed by atoms with van der Waals surface area (Å²) in [7, 11) is 0. The van der Waals surface area contributed by atoms with Crippen LogP contribution in [-0.4, -0.2) is 0 Å². The molecule has 0 radical (unpaired) electrons. The third-order valence-corrected chi connectivity index (χ3v) is 10.0. The fourth-order valence-electron chi connectivity index (χ4n) is 7.56. The van der Waals surface area contributed by atoms with Crippen molar-refractivity contribution in [3.05, 3.63) is 188 Å². The Balaban J connectivity index is 1.14. The summed E-state index contributed by atoms with van der Waals surface area (Å²) in [4.78, 5) is 2.37. The van der Waals surface area contributed by atoms with Gasteiger partial charge in [-0.05, 0) is 109 Å². The second-order valence-corrected chi connectivity index (χ2v) is 13.0. The molecule has 0 aliphatic carbocycles. The topological polar surface area (TPSA) is 16.4 Å². The lowest BCUT2D eigenvalue weighted by Crippen LogP contribution is -2.09. The van der Waals surface area contributed by atoms with Gasteiger partial charge in [0.05, 0.1) is 0 Å². The van der Waals surface area contributed by atoms with E-state index in [0.717, 1.165) is 39.0 Å². The van der Waals surface area contributed by atoms with Gasteiger partial charge < -0.3 is 9.32 Å².